The molecule has 1 saturated heterocycles. The second-order valence-corrected chi connectivity index (χ2v) is 4.57. The zero-order chi connectivity index (χ0) is 11.6. The van der Waals surface area contributed by atoms with Gasteiger partial charge in [0, 0.05) is 24.9 Å². The molecule has 0 atom stereocenters. The highest BCUT2D eigenvalue weighted by Crippen LogP contribution is 2.35. The zero-order valence-corrected chi connectivity index (χ0v) is 9.99. The van der Waals surface area contributed by atoms with E-state index in [0.29, 0.717) is 5.82 Å². The van der Waals surface area contributed by atoms with Gasteiger partial charge in [-0.1, -0.05) is 6.92 Å². The summed E-state index contributed by atoms with van der Waals surface area (Å²) >= 11 is 0. The summed E-state index contributed by atoms with van der Waals surface area (Å²) in [5.74, 6) is 0.813. The van der Waals surface area contributed by atoms with Crippen molar-refractivity contribution in [2.75, 3.05) is 13.1 Å². The first-order valence-corrected chi connectivity index (χ1v) is 5.92. The normalized spacial score (nSPS) is 19.6. The summed E-state index contributed by atoms with van der Waals surface area (Å²) in [6.07, 6.45) is 6.28. The van der Waals surface area contributed by atoms with Gasteiger partial charge in [0.2, 0.25) is 5.78 Å². The standard InChI is InChI=1S/C12H19N3O/c1-3-12(4-6-13-7-5-12)10(16)11-14-8-9-15(11)2/h8-9,13H,3-7H2,1-2H3. The van der Waals surface area contributed by atoms with Crippen LogP contribution >= 0.6 is 0 Å². The van der Waals surface area contributed by atoms with Crippen LogP contribution < -0.4 is 5.32 Å². The average molecular weight is 221 g/mol. The second kappa shape index (κ2) is 4.37. The van der Waals surface area contributed by atoms with Crippen LogP contribution in [0.4, 0.5) is 0 Å². The third-order valence-corrected chi connectivity index (χ3v) is 3.74. The Morgan fingerprint density at radius 2 is 2.25 bits per heavy atom. The first-order valence-electron chi connectivity index (χ1n) is 5.92. The average Bonchev–Trinajstić information content (AvgIpc) is 2.75. The summed E-state index contributed by atoms with van der Waals surface area (Å²) < 4.78 is 1.82. The van der Waals surface area contributed by atoms with Gasteiger partial charge in [0.15, 0.2) is 5.82 Å². The Labute approximate surface area is 96.1 Å². The molecule has 0 bridgehead atoms. The Morgan fingerprint density at radius 3 is 2.75 bits per heavy atom. The van der Waals surface area contributed by atoms with E-state index in [9.17, 15) is 4.79 Å². The van der Waals surface area contributed by atoms with E-state index >= 15 is 0 Å². The monoisotopic (exact) mass is 221 g/mol. The topological polar surface area (TPSA) is 46.9 Å². The number of Topliss-reactive ketones (excluding diaryl/α,β-unsaturated/α-hetero) is 1. The van der Waals surface area contributed by atoms with E-state index in [0.717, 1.165) is 32.4 Å². The number of aryl methyl sites for hydroxylation is 1. The van der Waals surface area contributed by atoms with Gasteiger partial charge in [0.05, 0.1) is 0 Å². The number of imidazole rings is 1. The predicted octanol–water partition coefficient (Wildman–Crippen LogP) is 1.38. The number of aromatic nitrogens is 2. The van der Waals surface area contributed by atoms with Crippen LogP contribution in [-0.4, -0.2) is 28.4 Å². The lowest BCUT2D eigenvalue weighted by Crippen LogP contribution is -2.42. The van der Waals surface area contributed by atoms with E-state index in [-0.39, 0.29) is 11.2 Å². The number of rotatable bonds is 3. The minimum atomic E-state index is -0.190. The van der Waals surface area contributed by atoms with E-state index in [1.165, 1.54) is 0 Å². The van der Waals surface area contributed by atoms with Crippen molar-refractivity contribution in [2.24, 2.45) is 12.5 Å². The van der Waals surface area contributed by atoms with E-state index in [2.05, 4.69) is 17.2 Å². The molecule has 0 saturated carbocycles. The number of nitrogens with zero attached hydrogens (tertiary/aromatic N) is 2. The molecule has 0 aromatic carbocycles. The number of hydrogen-bond acceptors (Lipinski definition) is 3. The summed E-state index contributed by atoms with van der Waals surface area (Å²) in [6, 6.07) is 0. The first kappa shape index (κ1) is 11.3. The minimum absolute atomic E-state index is 0.190. The maximum absolute atomic E-state index is 12.5. The Morgan fingerprint density at radius 1 is 1.56 bits per heavy atom. The van der Waals surface area contributed by atoms with E-state index in [1.807, 2.05) is 17.8 Å². The van der Waals surface area contributed by atoms with Gasteiger partial charge in [-0.15, -0.1) is 0 Å². The number of piperidine rings is 1. The fourth-order valence-corrected chi connectivity index (χ4v) is 2.47. The third-order valence-electron chi connectivity index (χ3n) is 3.74. The molecule has 4 heteroatoms. The van der Waals surface area contributed by atoms with Crippen molar-refractivity contribution < 1.29 is 4.79 Å². The Kier molecular flexibility index (Phi) is 3.10. The van der Waals surface area contributed by atoms with Crippen molar-refractivity contribution in [1.82, 2.24) is 14.9 Å². The summed E-state index contributed by atoms with van der Waals surface area (Å²) in [5.41, 5.74) is -0.190. The number of carbonyl (C=O) groups is 1. The molecule has 4 nitrogen and oxygen atoms in total. The van der Waals surface area contributed by atoms with Gasteiger partial charge in [-0.05, 0) is 32.4 Å². The molecule has 0 unspecified atom stereocenters. The summed E-state index contributed by atoms with van der Waals surface area (Å²) in [7, 11) is 1.88. The second-order valence-electron chi connectivity index (χ2n) is 4.57. The summed E-state index contributed by atoms with van der Waals surface area (Å²) in [4.78, 5) is 16.7. The van der Waals surface area contributed by atoms with Crippen LogP contribution in [0.25, 0.3) is 0 Å². The first-order chi connectivity index (χ1) is 7.69. The number of nitrogens with one attached hydrogen (secondary N) is 1. The lowest BCUT2D eigenvalue weighted by Gasteiger charge is -2.34. The molecule has 1 fully saturated rings. The van der Waals surface area contributed by atoms with Gasteiger partial charge in [-0.2, -0.15) is 0 Å². The molecule has 0 aliphatic carbocycles. The minimum Gasteiger partial charge on any atom is -0.332 e. The maximum Gasteiger partial charge on any atom is 0.204 e. The highest BCUT2D eigenvalue weighted by molar-refractivity contribution is 5.97. The molecule has 2 heterocycles. The molecule has 1 aliphatic heterocycles. The van der Waals surface area contributed by atoms with Gasteiger partial charge in [0.1, 0.15) is 0 Å². The van der Waals surface area contributed by atoms with Crippen LogP contribution in [0.5, 0.6) is 0 Å². The van der Waals surface area contributed by atoms with E-state index in [4.69, 9.17) is 0 Å². The molecular formula is C12H19N3O. The fourth-order valence-electron chi connectivity index (χ4n) is 2.47. The molecule has 0 radical (unpaired) electrons. The summed E-state index contributed by atoms with van der Waals surface area (Å²) in [5, 5.41) is 3.31. The van der Waals surface area contributed by atoms with Crippen LogP contribution in [-0.2, 0) is 7.05 Å². The molecule has 1 N–H and O–H groups in total. The molecule has 16 heavy (non-hydrogen) atoms. The number of ketones is 1. The largest absolute Gasteiger partial charge is 0.332 e. The van der Waals surface area contributed by atoms with Gasteiger partial charge in [0.25, 0.3) is 0 Å². The quantitative estimate of drug-likeness (QED) is 0.784. The molecule has 88 valence electrons. The predicted molar refractivity (Wildman–Crippen MR) is 62.4 cm³/mol. The van der Waals surface area contributed by atoms with Gasteiger partial charge < -0.3 is 9.88 Å². The molecule has 0 spiro atoms. The van der Waals surface area contributed by atoms with Crippen molar-refractivity contribution in [2.45, 2.75) is 26.2 Å². The maximum atomic E-state index is 12.5. The smallest absolute Gasteiger partial charge is 0.204 e. The van der Waals surface area contributed by atoms with Crippen molar-refractivity contribution in [1.29, 1.82) is 0 Å². The molecular weight excluding hydrogens is 202 g/mol. The third kappa shape index (κ3) is 1.78. The highest BCUT2D eigenvalue weighted by Gasteiger charge is 2.39. The molecule has 1 aromatic heterocycles. The van der Waals surface area contributed by atoms with Crippen LogP contribution in [0.1, 0.15) is 36.8 Å². The van der Waals surface area contributed by atoms with E-state index in [1.54, 1.807) is 6.20 Å². The number of hydrogen-bond donors (Lipinski definition) is 1. The van der Waals surface area contributed by atoms with Crippen LogP contribution in [0.2, 0.25) is 0 Å². The Balaban J connectivity index is 2.28. The van der Waals surface area contributed by atoms with Crippen molar-refractivity contribution >= 4 is 5.78 Å². The highest BCUT2D eigenvalue weighted by atomic mass is 16.1. The SMILES string of the molecule is CCC1(C(=O)c2nccn2C)CCNCC1. The molecule has 0 amide bonds. The zero-order valence-electron chi connectivity index (χ0n) is 9.99. The van der Waals surface area contributed by atoms with Crippen molar-refractivity contribution in [3.63, 3.8) is 0 Å². The molecule has 1 aromatic rings. The Hall–Kier alpha value is -1.16. The van der Waals surface area contributed by atoms with Crippen LogP contribution in [0.3, 0.4) is 0 Å². The lowest BCUT2D eigenvalue weighted by molar-refractivity contribution is 0.0702. The fraction of sp³-hybridized carbons (Fsp3) is 0.667. The van der Waals surface area contributed by atoms with Gasteiger partial charge in [-0.25, -0.2) is 4.98 Å². The van der Waals surface area contributed by atoms with E-state index < -0.39 is 0 Å². The summed E-state index contributed by atoms with van der Waals surface area (Å²) in [6.45, 7) is 3.97. The van der Waals surface area contributed by atoms with Crippen molar-refractivity contribution in [3.8, 4) is 0 Å². The van der Waals surface area contributed by atoms with Crippen LogP contribution in [0.15, 0.2) is 12.4 Å². The van der Waals surface area contributed by atoms with Crippen molar-refractivity contribution in [3.05, 3.63) is 18.2 Å². The molecule has 1 aliphatic rings. The van der Waals surface area contributed by atoms with Crippen LogP contribution in [0, 0.1) is 5.41 Å². The number of carbonyl (C=O) groups excluding carboxylic acids is 1. The van der Waals surface area contributed by atoms with Gasteiger partial charge >= 0.3 is 0 Å². The Bertz CT molecular complexity index is 377. The lowest BCUT2D eigenvalue weighted by atomic mass is 9.73. The molecule has 2 rings (SSSR count). The van der Waals surface area contributed by atoms with Gasteiger partial charge in [-0.3, -0.25) is 4.79 Å².